The van der Waals surface area contributed by atoms with Gasteiger partial charge in [-0.2, -0.15) is 5.10 Å². The first-order valence-electron chi connectivity index (χ1n) is 7.51. The monoisotopic (exact) mass is 362 g/mol. The van der Waals surface area contributed by atoms with Crippen molar-refractivity contribution in [3.8, 4) is 5.69 Å². The van der Waals surface area contributed by atoms with Crippen molar-refractivity contribution in [2.24, 2.45) is 5.73 Å². The predicted molar refractivity (Wildman–Crippen MR) is 89.0 cm³/mol. The third-order valence-corrected chi connectivity index (χ3v) is 4.53. The molecule has 0 radical (unpaired) electrons. The molecule has 1 atom stereocenters. The molecule has 1 aliphatic rings. The van der Waals surface area contributed by atoms with E-state index in [9.17, 15) is 4.79 Å². The number of carbonyl (C=O) groups excluding carboxylic acids is 1. The number of hydrogen-bond donors (Lipinski definition) is 1. The minimum absolute atomic E-state index is 0.0242. The summed E-state index contributed by atoms with van der Waals surface area (Å²) >= 11 is 3.44. The minimum Gasteiger partial charge on any atom is -0.333 e. The molecule has 1 fully saturated rings. The van der Waals surface area contributed by atoms with Crippen molar-refractivity contribution >= 4 is 21.8 Å². The number of benzene rings is 1. The summed E-state index contributed by atoms with van der Waals surface area (Å²) in [7, 11) is 0. The Hall–Kier alpha value is -1.66. The highest BCUT2D eigenvalue weighted by atomic mass is 79.9. The Bertz CT molecular complexity index is 670. The Balaban J connectivity index is 1.82. The van der Waals surface area contributed by atoms with Crippen LogP contribution in [-0.4, -0.2) is 39.7 Å². The zero-order valence-electron chi connectivity index (χ0n) is 12.3. The molecule has 0 saturated carbocycles. The van der Waals surface area contributed by atoms with Crippen LogP contribution in [0.25, 0.3) is 5.69 Å². The first-order chi connectivity index (χ1) is 10.7. The molecule has 1 aromatic heterocycles. The van der Waals surface area contributed by atoms with Gasteiger partial charge in [-0.1, -0.05) is 22.0 Å². The van der Waals surface area contributed by atoms with Crippen LogP contribution in [-0.2, 0) is 0 Å². The molecule has 0 spiro atoms. The molecule has 22 heavy (non-hydrogen) atoms. The molecule has 3 rings (SSSR count). The number of nitrogens with two attached hydrogens (primary N) is 1. The van der Waals surface area contributed by atoms with Crippen molar-refractivity contribution in [1.82, 2.24) is 14.7 Å². The highest BCUT2D eigenvalue weighted by molar-refractivity contribution is 9.10. The number of aromatic nitrogens is 2. The number of amides is 1. The van der Waals surface area contributed by atoms with Gasteiger partial charge in [-0.25, -0.2) is 4.68 Å². The van der Waals surface area contributed by atoms with E-state index in [-0.39, 0.29) is 11.9 Å². The maximum Gasteiger partial charge on any atom is 0.274 e. The summed E-state index contributed by atoms with van der Waals surface area (Å²) in [4.78, 5) is 14.5. The van der Waals surface area contributed by atoms with Gasteiger partial charge in [0.1, 0.15) is 0 Å². The second kappa shape index (κ2) is 6.62. The van der Waals surface area contributed by atoms with Crippen molar-refractivity contribution < 1.29 is 4.79 Å². The molecule has 1 aliphatic heterocycles. The van der Waals surface area contributed by atoms with Crippen LogP contribution in [0.3, 0.4) is 0 Å². The maximum absolute atomic E-state index is 12.7. The van der Waals surface area contributed by atoms with E-state index in [1.165, 1.54) is 0 Å². The van der Waals surface area contributed by atoms with Crippen LogP contribution in [0, 0.1) is 0 Å². The fourth-order valence-corrected chi connectivity index (χ4v) is 3.25. The quantitative estimate of drug-likeness (QED) is 0.912. The fourth-order valence-electron chi connectivity index (χ4n) is 2.86. The summed E-state index contributed by atoms with van der Waals surface area (Å²) < 4.78 is 2.70. The Labute approximate surface area is 138 Å². The summed E-state index contributed by atoms with van der Waals surface area (Å²) in [5.41, 5.74) is 7.19. The lowest BCUT2D eigenvalue weighted by Crippen LogP contribution is -2.47. The van der Waals surface area contributed by atoms with Gasteiger partial charge in [0.25, 0.3) is 5.91 Å². The first-order valence-corrected chi connectivity index (χ1v) is 8.31. The third kappa shape index (κ3) is 3.08. The molecular formula is C16H19BrN4O. The van der Waals surface area contributed by atoms with Gasteiger partial charge in [-0.05, 0) is 43.5 Å². The normalized spacial score (nSPS) is 18.5. The summed E-state index contributed by atoms with van der Waals surface area (Å²) in [5, 5.41) is 4.43. The second-order valence-corrected chi connectivity index (χ2v) is 6.42. The number of hydrogen-bond acceptors (Lipinski definition) is 3. The zero-order valence-corrected chi connectivity index (χ0v) is 13.9. The summed E-state index contributed by atoms with van der Waals surface area (Å²) in [5.74, 6) is -0.0242. The van der Waals surface area contributed by atoms with E-state index in [4.69, 9.17) is 5.73 Å². The average molecular weight is 363 g/mol. The number of carbonyl (C=O) groups is 1. The molecule has 1 unspecified atom stereocenters. The van der Waals surface area contributed by atoms with Crippen molar-refractivity contribution in [2.75, 3.05) is 13.1 Å². The van der Waals surface area contributed by atoms with Gasteiger partial charge in [0.2, 0.25) is 0 Å². The Morgan fingerprint density at radius 1 is 1.36 bits per heavy atom. The lowest BCUT2D eigenvalue weighted by Gasteiger charge is -2.34. The molecule has 116 valence electrons. The molecular weight excluding hydrogens is 344 g/mol. The van der Waals surface area contributed by atoms with Gasteiger partial charge in [0.05, 0.1) is 5.69 Å². The molecule has 0 aliphatic carbocycles. The Morgan fingerprint density at radius 2 is 2.23 bits per heavy atom. The van der Waals surface area contributed by atoms with E-state index in [2.05, 4.69) is 21.0 Å². The van der Waals surface area contributed by atoms with Crippen LogP contribution < -0.4 is 5.73 Å². The number of piperidine rings is 1. The van der Waals surface area contributed by atoms with Gasteiger partial charge in [-0.15, -0.1) is 0 Å². The van der Waals surface area contributed by atoms with Gasteiger partial charge in [-0.3, -0.25) is 4.79 Å². The van der Waals surface area contributed by atoms with Crippen molar-refractivity contribution in [3.05, 3.63) is 46.7 Å². The lowest BCUT2D eigenvalue weighted by molar-refractivity contribution is 0.0617. The van der Waals surface area contributed by atoms with Crippen LogP contribution in [0.1, 0.15) is 29.8 Å². The molecule has 6 heteroatoms. The third-order valence-electron chi connectivity index (χ3n) is 4.04. The van der Waals surface area contributed by atoms with E-state index in [0.717, 1.165) is 36.0 Å². The van der Waals surface area contributed by atoms with Crippen LogP contribution in [0.4, 0.5) is 0 Å². The van der Waals surface area contributed by atoms with E-state index < -0.39 is 0 Å². The summed E-state index contributed by atoms with van der Waals surface area (Å²) in [6.45, 7) is 1.28. The SMILES string of the molecule is NCC1CCCCN1C(=O)c1ccn(-c2cccc(Br)c2)n1. The van der Waals surface area contributed by atoms with Crippen LogP contribution in [0.15, 0.2) is 41.0 Å². The highest BCUT2D eigenvalue weighted by Gasteiger charge is 2.27. The molecule has 2 aromatic rings. The number of halogens is 1. The van der Waals surface area contributed by atoms with Gasteiger partial charge in [0, 0.05) is 29.8 Å². The predicted octanol–water partition coefficient (Wildman–Crippen LogP) is 2.59. The molecule has 1 aromatic carbocycles. The van der Waals surface area contributed by atoms with E-state index in [0.29, 0.717) is 12.2 Å². The Morgan fingerprint density at radius 3 is 3.00 bits per heavy atom. The van der Waals surface area contributed by atoms with E-state index in [1.807, 2.05) is 35.4 Å². The minimum atomic E-state index is -0.0242. The molecule has 0 bridgehead atoms. The number of nitrogens with zero attached hydrogens (tertiary/aromatic N) is 3. The maximum atomic E-state index is 12.7. The molecule has 2 N–H and O–H groups in total. The van der Waals surface area contributed by atoms with E-state index >= 15 is 0 Å². The van der Waals surface area contributed by atoms with Crippen LogP contribution in [0.5, 0.6) is 0 Å². The lowest BCUT2D eigenvalue weighted by atomic mass is 10.0. The molecule has 1 amide bonds. The molecule has 1 saturated heterocycles. The van der Waals surface area contributed by atoms with Gasteiger partial charge in [0.15, 0.2) is 5.69 Å². The molecule has 2 heterocycles. The van der Waals surface area contributed by atoms with Gasteiger partial charge < -0.3 is 10.6 Å². The Kier molecular flexibility index (Phi) is 4.59. The largest absolute Gasteiger partial charge is 0.333 e. The van der Waals surface area contributed by atoms with Crippen LogP contribution >= 0.6 is 15.9 Å². The van der Waals surface area contributed by atoms with Crippen molar-refractivity contribution in [1.29, 1.82) is 0 Å². The van der Waals surface area contributed by atoms with Crippen LogP contribution in [0.2, 0.25) is 0 Å². The average Bonchev–Trinajstić information content (AvgIpc) is 3.04. The zero-order chi connectivity index (χ0) is 15.5. The summed E-state index contributed by atoms with van der Waals surface area (Å²) in [6, 6.07) is 9.72. The fraction of sp³-hybridized carbons (Fsp3) is 0.375. The topological polar surface area (TPSA) is 64.2 Å². The molecule has 5 nitrogen and oxygen atoms in total. The van der Waals surface area contributed by atoms with Gasteiger partial charge >= 0.3 is 0 Å². The highest BCUT2D eigenvalue weighted by Crippen LogP contribution is 2.19. The summed E-state index contributed by atoms with van der Waals surface area (Å²) in [6.07, 6.45) is 4.97. The second-order valence-electron chi connectivity index (χ2n) is 5.51. The first kappa shape index (κ1) is 15.2. The van der Waals surface area contributed by atoms with Crippen molar-refractivity contribution in [3.63, 3.8) is 0 Å². The van der Waals surface area contributed by atoms with E-state index in [1.54, 1.807) is 10.7 Å². The number of likely N-dealkylation sites (tertiary alicyclic amines) is 1. The van der Waals surface area contributed by atoms with Crippen molar-refractivity contribution in [2.45, 2.75) is 25.3 Å². The standard InChI is InChI=1S/C16H19BrN4O/c17-12-4-3-6-13(10-12)21-9-7-15(19-21)16(22)20-8-2-1-5-14(20)11-18/h3-4,6-7,9-10,14H,1-2,5,8,11,18H2. The smallest absolute Gasteiger partial charge is 0.274 e. The number of rotatable bonds is 3.